The Morgan fingerprint density at radius 1 is 1.32 bits per heavy atom. The maximum atomic E-state index is 12.6. The van der Waals surface area contributed by atoms with E-state index in [4.69, 9.17) is 9.84 Å². The molecule has 0 aliphatic rings. The van der Waals surface area contributed by atoms with Gasteiger partial charge in [0.05, 0.1) is 22.0 Å². The summed E-state index contributed by atoms with van der Waals surface area (Å²) in [6.07, 6.45) is 2.89. The first-order chi connectivity index (χ1) is 13.3. The molecule has 2 aromatic heterocycles. The van der Waals surface area contributed by atoms with E-state index in [-0.39, 0.29) is 17.5 Å². The molecule has 0 radical (unpaired) electrons. The number of aromatic nitrogens is 2. The highest BCUT2D eigenvalue weighted by Crippen LogP contribution is 2.33. The second kappa shape index (κ2) is 8.18. The van der Waals surface area contributed by atoms with Gasteiger partial charge in [0.2, 0.25) is 0 Å². The number of rotatable bonds is 6. The van der Waals surface area contributed by atoms with E-state index in [1.165, 1.54) is 0 Å². The standard InChI is InChI=1S/C20H22BrN3O4/c1-11(6-12(2)23-20(26)27)10-28-18-8-17-14(7-16(18)21)13-4-5-22-9-15(13)19(25)24(17)3/h4-5,7-9,11-12,23H,6,10H2,1-3H3,(H,26,27). The minimum absolute atomic E-state index is 0.106. The van der Waals surface area contributed by atoms with Crippen molar-refractivity contribution >= 4 is 43.7 Å². The van der Waals surface area contributed by atoms with Crippen LogP contribution in [0.3, 0.4) is 0 Å². The van der Waals surface area contributed by atoms with Gasteiger partial charge in [-0.25, -0.2) is 4.79 Å². The summed E-state index contributed by atoms with van der Waals surface area (Å²) in [6, 6.07) is 5.49. The van der Waals surface area contributed by atoms with E-state index in [0.717, 1.165) is 20.8 Å². The third-order valence-electron chi connectivity index (χ3n) is 4.71. The fourth-order valence-corrected chi connectivity index (χ4v) is 3.87. The first-order valence-corrected chi connectivity index (χ1v) is 9.75. The molecule has 0 spiro atoms. The predicted octanol–water partition coefficient (Wildman–Crippen LogP) is 3.91. The van der Waals surface area contributed by atoms with Crippen LogP contribution in [0.2, 0.25) is 0 Å². The normalized spacial score (nSPS) is 13.4. The summed E-state index contributed by atoms with van der Waals surface area (Å²) in [4.78, 5) is 27.4. The summed E-state index contributed by atoms with van der Waals surface area (Å²) in [5.74, 6) is 0.789. The van der Waals surface area contributed by atoms with Crippen molar-refractivity contribution in [3.63, 3.8) is 0 Å². The van der Waals surface area contributed by atoms with Gasteiger partial charge in [0.1, 0.15) is 5.75 Å². The Hall–Kier alpha value is -2.61. The Labute approximate surface area is 170 Å². The molecule has 3 rings (SSSR count). The zero-order chi connectivity index (χ0) is 20.4. The molecule has 0 saturated carbocycles. The van der Waals surface area contributed by atoms with Crippen molar-refractivity contribution in [1.29, 1.82) is 0 Å². The molecule has 7 nitrogen and oxygen atoms in total. The van der Waals surface area contributed by atoms with Crippen LogP contribution in [-0.2, 0) is 7.05 Å². The Balaban J connectivity index is 1.88. The van der Waals surface area contributed by atoms with E-state index in [9.17, 15) is 9.59 Å². The summed E-state index contributed by atoms with van der Waals surface area (Å²) in [5, 5.41) is 13.6. The molecule has 148 valence electrons. The number of halogens is 1. The highest BCUT2D eigenvalue weighted by Gasteiger charge is 2.15. The molecule has 2 atom stereocenters. The van der Waals surface area contributed by atoms with Gasteiger partial charge >= 0.3 is 6.09 Å². The minimum atomic E-state index is -1.03. The van der Waals surface area contributed by atoms with Crippen molar-refractivity contribution in [3.8, 4) is 5.75 Å². The molecule has 0 aliphatic heterocycles. The fraction of sp³-hybridized carbons (Fsp3) is 0.350. The van der Waals surface area contributed by atoms with Crippen LogP contribution < -0.4 is 15.6 Å². The van der Waals surface area contributed by atoms with Crippen molar-refractivity contribution < 1.29 is 14.6 Å². The largest absolute Gasteiger partial charge is 0.492 e. The van der Waals surface area contributed by atoms with Crippen LogP contribution in [0.25, 0.3) is 21.7 Å². The van der Waals surface area contributed by atoms with Crippen LogP contribution >= 0.6 is 15.9 Å². The predicted molar refractivity (Wildman–Crippen MR) is 112 cm³/mol. The molecule has 0 bridgehead atoms. The van der Waals surface area contributed by atoms with E-state index in [2.05, 4.69) is 26.2 Å². The third kappa shape index (κ3) is 4.11. The number of nitrogens with zero attached hydrogens (tertiary/aromatic N) is 2. The van der Waals surface area contributed by atoms with E-state index in [1.807, 2.05) is 32.0 Å². The quantitative estimate of drug-likeness (QED) is 0.558. The number of carboxylic acid groups (broad SMARTS) is 1. The summed E-state index contributed by atoms with van der Waals surface area (Å²) >= 11 is 3.56. The molecule has 2 N–H and O–H groups in total. The Morgan fingerprint density at radius 2 is 2.07 bits per heavy atom. The lowest BCUT2D eigenvalue weighted by atomic mass is 10.0. The number of carbonyl (C=O) groups is 1. The highest BCUT2D eigenvalue weighted by molar-refractivity contribution is 9.10. The molecule has 0 fully saturated rings. The lowest BCUT2D eigenvalue weighted by Gasteiger charge is -2.19. The second-order valence-electron chi connectivity index (χ2n) is 7.09. The number of amides is 1. The molecule has 0 saturated heterocycles. The topological polar surface area (TPSA) is 93.5 Å². The summed E-state index contributed by atoms with van der Waals surface area (Å²) in [6.45, 7) is 4.26. The van der Waals surface area contributed by atoms with Gasteiger partial charge in [-0.3, -0.25) is 9.78 Å². The van der Waals surface area contributed by atoms with Crippen LogP contribution in [0.1, 0.15) is 20.3 Å². The second-order valence-corrected chi connectivity index (χ2v) is 7.94. The van der Waals surface area contributed by atoms with Gasteiger partial charge in [-0.1, -0.05) is 6.92 Å². The van der Waals surface area contributed by atoms with Crippen molar-refractivity contribution in [2.45, 2.75) is 26.3 Å². The Kier molecular flexibility index (Phi) is 5.88. The van der Waals surface area contributed by atoms with Gasteiger partial charge in [0.15, 0.2) is 0 Å². The Morgan fingerprint density at radius 3 is 2.79 bits per heavy atom. The van der Waals surface area contributed by atoms with Crippen LogP contribution in [0, 0.1) is 5.92 Å². The van der Waals surface area contributed by atoms with Gasteiger partial charge in [-0.05, 0) is 52.7 Å². The molecule has 8 heteroatoms. The minimum Gasteiger partial charge on any atom is -0.492 e. The number of hydrogen-bond donors (Lipinski definition) is 2. The van der Waals surface area contributed by atoms with Crippen molar-refractivity contribution in [2.75, 3.05) is 6.61 Å². The van der Waals surface area contributed by atoms with Crippen molar-refractivity contribution in [3.05, 3.63) is 45.4 Å². The van der Waals surface area contributed by atoms with E-state index < -0.39 is 6.09 Å². The molecule has 1 aromatic carbocycles. The van der Waals surface area contributed by atoms with E-state index >= 15 is 0 Å². The molecule has 0 aliphatic carbocycles. The zero-order valence-electron chi connectivity index (χ0n) is 15.9. The molecule has 3 aromatic rings. The van der Waals surface area contributed by atoms with Crippen LogP contribution in [0.4, 0.5) is 4.79 Å². The van der Waals surface area contributed by atoms with Crippen LogP contribution in [0.5, 0.6) is 5.75 Å². The van der Waals surface area contributed by atoms with Crippen LogP contribution in [-0.4, -0.2) is 33.4 Å². The zero-order valence-corrected chi connectivity index (χ0v) is 17.5. The number of hydrogen-bond acceptors (Lipinski definition) is 4. The first-order valence-electron chi connectivity index (χ1n) is 8.96. The smallest absolute Gasteiger partial charge is 0.404 e. The maximum Gasteiger partial charge on any atom is 0.404 e. The van der Waals surface area contributed by atoms with Gasteiger partial charge in [0, 0.05) is 36.9 Å². The molecule has 28 heavy (non-hydrogen) atoms. The van der Waals surface area contributed by atoms with Gasteiger partial charge in [0.25, 0.3) is 5.56 Å². The molecule has 2 unspecified atom stereocenters. The average Bonchev–Trinajstić information content (AvgIpc) is 2.64. The number of aryl methyl sites for hydroxylation is 1. The van der Waals surface area contributed by atoms with Crippen LogP contribution in [0.15, 0.2) is 39.9 Å². The maximum absolute atomic E-state index is 12.6. The summed E-state index contributed by atoms with van der Waals surface area (Å²) in [7, 11) is 1.73. The van der Waals surface area contributed by atoms with Crippen molar-refractivity contribution in [2.24, 2.45) is 13.0 Å². The van der Waals surface area contributed by atoms with Gasteiger partial charge in [-0.2, -0.15) is 0 Å². The van der Waals surface area contributed by atoms with E-state index in [0.29, 0.717) is 24.2 Å². The van der Waals surface area contributed by atoms with E-state index in [1.54, 1.807) is 24.0 Å². The average molecular weight is 448 g/mol. The molecule has 1 amide bonds. The van der Waals surface area contributed by atoms with Gasteiger partial charge in [-0.15, -0.1) is 0 Å². The molecular weight excluding hydrogens is 426 g/mol. The number of fused-ring (bicyclic) bond motifs is 3. The first kappa shape index (κ1) is 20.1. The SMILES string of the molecule is CC(COc1cc2c(cc1Br)c1ccncc1c(=O)n2C)CC(C)NC(=O)O. The fourth-order valence-electron chi connectivity index (χ4n) is 3.41. The van der Waals surface area contributed by atoms with Crippen molar-refractivity contribution in [1.82, 2.24) is 14.9 Å². The third-order valence-corrected chi connectivity index (χ3v) is 5.33. The lowest BCUT2D eigenvalue weighted by molar-refractivity contribution is 0.185. The lowest BCUT2D eigenvalue weighted by Crippen LogP contribution is -2.33. The molecule has 2 heterocycles. The Bertz CT molecular complexity index is 1100. The number of benzene rings is 1. The number of nitrogens with one attached hydrogen (secondary N) is 1. The number of ether oxygens (including phenoxy) is 1. The van der Waals surface area contributed by atoms with Gasteiger partial charge < -0.3 is 19.7 Å². The number of pyridine rings is 2. The monoisotopic (exact) mass is 447 g/mol. The summed E-state index contributed by atoms with van der Waals surface area (Å²) < 4.78 is 8.36. The molecular formula is C20H22BrN3O4. The highest BCUT2D eigenvalue weighted by atomic mass is 79.9. The summed E-state index contributed by atoms with van der Waals surface area (Å²) in [5.41, 5.74) is 0.668.